The monoisotopic (exact) mass is 233 g/mol. The van der Waals surface area contributed by atoms with E-state index in [1.54, 1.807) is 25.1 Å². The Labute approximate surface area is 90.0 Å². The largest absolute Gasteiger partial charge is 0.326 e. The molecular weight excluding hydrogens is 218 g/mol. The molecule has 0 aliphatic rings. The first-order valence-corrected chi connectivity index (χ1v) is 5.82. The van der Waals surface area contributed by atoms with Crippen molar-refractivity contribution in [3.8, 4) is 0 Å². The van der Waals surface area contributed by atoms with E-state index in [9.17, 15) is 13.7 Å². The van der Waals surface area contributed by atoms with Gasteiger partial charge in [-0.15, -0.1) is 0 Å². The van der Waals surface area contributed by atoms with E-state index in [1.165, 1.54) is 6.20 Å². The van der Waals surface area contributed by atoms with Gasteiger partial charge in [0.05, 0.1) is 6.54 Å². The number of pyridine rings is 1. The molecule has 0 bridgehead atoms. The summed E-state index contributed by atoms with van der Waals surface area (Å²) in [7, 11) is 0. The number of anilines is 1. The third kappa shape index (κ3) is 3.65. The number of hydrogen-bond acceptors (Lipinski definition) is 6. The van der Waals surface area contributed by atoms with Crippen LogP contribution in [0.2, 0.25) is 0 Å². The van der Waals surface area contributed by atoms with Crippen molar-refractivity contribution in [2.24, 2.45) is 5.73 Å². The highest BCUT2D eigenvalue weighted by molar-refractivity contribution is 8.20. The van der Waals surface area contributed by atoms with Gasteiger partial charge in [-0.05, 0) is 19.1 Å². The van der Waals surface area contributed by atoms with Crippen molar-refractivity contribution in [2.45, 2.75) is 13.0 Å². The maximum absolute atomic E-state index is 9.20. The van der Waals surface area contributed by atoms with Gasteiger partial charge in [0.2, 0.25) is 0 Å². The van der Waals surface area contributed by atoms with Crippen molar-refractivity contribution >= 4 is 16.9 Å². The first kappa shape index (κ1) is 12.2. The van der Waals surface area contributed by atoms with Crippen LogP contribution in [0.1, 0.15) is 6.92 Å². The van der Waals surface area contributed by atoms with Crippen molar-refractivity contribution in [3.05, 3.63) is 24.4 Å². The highest BCUT2D eigenvalue weighted by Crippen LogP contribution is 2.40. The molecule has 0 saturated carbocycles. The predicted octanol–water partition coefficient (Wildman–Crippen LogP) is 1.37. The first-order valence-electron chi connectivity index (χ1n) is 4.36. The summed E-state index contributed by atoms with van der Waals surface area (Å²) in [4.78, 5) is 3.91. The van der Waals surface area contributed by atoms with Crippen LogP contribution in [0, 0.1) is 0 Å². The fraction of sp³-hybridized carbons (Fsp3) is 0.375. The lowest BCUT2D eigenvalue weighted by atomic mass is 10.3. The van der Waals surface area contributed by atoms with Gasteiger partial charge in [0, 0.05) is 12.2 Å². The molecule has 1 aromatic rings. The summed E-state index contributed by atoms with van der Waals surface area (Å²) < 4.78 is 28.6. The van der Waals surface area contributed by atoms with E-state index in [0.29, 0.717) is 0 Å². The molecule has 86 valence electrons. The molecule has 1 atom stereocenters. The molecule has 15 heavy (non-hydrogen) atoms. The van der Waals surface area contributed by atoms with Gasteiger partial charge in [0.15, 0.2) is 11.1 Å². The van der Waals surface area contributed by atoms with Crippen molar-refractivity contribution in [1.29, 1.82) is 0 Å². The average molecular weight is 233 g/mol. The lowest BCUT2D eigenvalue weighted by Crippen LogP contribution is -2.37. The molecule has 0 radical (unpaired) electrons. The molecule has 0 fully saturated rings. The van der Waals surface area contributed by atoms with E-state index in [2.05, 4.69) is 4.98 Å². The van der Waals surface area contributed by atoms with Gasteiger partial charge in [-0.1, -0.05) is 6.07 Å². The quantitative estimate of drug-likeness (QED) is 0.626. The highest BCUT2D eigenvalue weighted by atomic mass is 32.3. The van der Waals surface area contributed by atoms with Crippen molar-refractivity contribution < 1.29 is 13.7 Å². The summed E-state index contributed by atoms with van der Waals surface area (Å²) in [5.41, 5.74) is 5.54. The van der Waals surface area contributed by atoms with Crippen LogP contribution >= 0.6 is 11.1 Å². The van der Waals surface area contributed by atoms with E-state index in [0.717, 1.165) is 4.31 Å². The smallest absolute Gasteiger partial charge is 0.181 e. The Morgan fingerprint density at radius 3 is 2.53 bits per heavy atom. The molecule has 0 aromatic carbocycles. The van der Waals surface area contributed by atoms with E-state index in [4.69, 9.17) is 5.73 Å². The van der Waals surface area contributed by atoms with E-state index in [1.807, 2.05) is 0 Å². The van der Waals surface area contributed by atoms with Gasteiger partial charge in [0.1, 0.15) is 5.82 Å². The second kappa shape index (κ2) is 4.77. The lowest BCUT2D eigenvalue weighted by Gasteiger charge is -2.35. The summed E-state index contributed by atoms with van der Waals surface area (Å²) in [6.45, 7) is 1.80. The summed E-state index contributed by atoms with van der Waals surface area (Å²) in [6.07, 6.45) is 1.49. The van der Waals surface area contributed by atoms with Gasteiger partial charge < -0.3 is 5.73 Å². The lowest BCUT2D eigenvalue weighted by molar-refractivity contribution is 0.369. The fourth-order valence-corrected chi connectivity index (χ4v) is 1.88. The van der Waals surface area contributed by atoms with Crippen LogP contribution in [0.15, 0.2) is 24.4 Å². The van der Waals surface area contributed by atoms with Gasteiger partial charge >= 0.3 is 0 Å². The zero-order chi connectivity index (χ0) is 11.5. The molecule has 0 amide bonds. The summed E-state index contributed by atoms with van der Waals surface area (Å²) in [5, 5.41) is 0. The number of aromatic nitrogens is 1. The SMILES string of the molecule is C[C@@H](N)CN(c1ccccn1)S(O)(O)O. The summed E-state index contributed by atoms with van der Waals surface area (Å²) >= 11 is -3.82. The molecular formula is C8H15N3O3S. The Hall–Kier alpha value is -0.860. The number of hydrogen-bond donors (Lipinski definition) is 4. The molecule has 7 heteroatoms. The molecule has 0 spiro atoms. The van der Waals surface area contributed by atoms with Gasteiger partial charge in [-0.2, -0.15) is 0 Å². The topological polar surface area (TPSA) is 103 Å². The van der Waals surface area contributed by atoms with Crippen LogP contribution in [0.5, 0.6) is 0 Å². The summed E-state index contributed by atoms with van der Waals surface area (Å²) in [5.74, 6) is 0.275. The molecule has 0 saturated heterocycles. The van der Waals surface area contributed by atoms with Crippen LogP contribution in [-0.4, -0.2) is 31.2 Å². The van der Waals surface area contributed by atoms with Gasteiger partial charge in [0.25, 0.3) is 0 Å². The first-order chi connectivity index (χ1) is 6.91. The zero-order valence-electron chi connectivity index (χ0n) is 8.32. The number of nitrogens with two attached hydrogens (primary N) is 1. The number of nitrogens with zero attached hydrogens (tertiary/aromatic N) is 2. The zero-order valence-corrected chi connectivity index (χ0v) is 9.13. The third-order valence-corrected chi connectivity index (χ3v) is 2.58. The van der Waals surface area contributed by atoms with Crippen LogP contribution in [0.25, 0.3) is 0 Å². The molecule has 1 aromatic heterocycles. The minimum Gasteiger partial charge on any atom is -0.326 e. The second-order valence-electron chi connectivity index (χ2n) is 3.22. The summed E-state index contributed by atoms with van der Waals surface area (Å²) in [6, 6.07) is 4.62. The fourth-order valence-electron chi connectivity index (χ4n) is 1.08. The van der Waals surface area contributed by atoms with Crippen molar-refractivity contribution in [1.82, 2.24) is 4.98 Å². The van der Waals surface area contributed by atoms with Gasteiger partial charge in [-0.3, -0.25) is 18.0 Å². The standard InChI is InChI=1S/C8H15N3O3S/c1-7(9)6-11(15(12,13)14)8-4-2-3-5-10-8/h2-5,7,12-14H,6,9H2,1H3/t7-/m1/s1. The Morgan fingerprint density at radius 1 is 1.47 bits per heavy atom. The molecule has 5 N–H and O–H groups in total. The van der Waals surface area contributed by atoms with Gasteiger partial charge in [-0.25, -0.2) is 4.98 Å². The maximum Gasteiger partial charge on any atom is 0.181 e. The molecule has 1 rings (SSSR count). The van der Waals surface area contributed by atoms with Crippen LogP contribution in [0.4, 0.5) is 5.82 Å². The Kier molecular flexibility index (Phi) is 3.89. The Morgan fingerprint density at radius 2 is 2.13 bits per heavy atom. The number of rotatable bonds is 4. The minimum absolute atomic E-state index is 0.107. The van der Waals surface area contributed by atoms with Crippen LogP contribution in [-0.2, 0) is 0 Å². The minimum atomic E-state index is -3.82. The molecule has 0 unspecified atom stereocenters. The predicted molar refractivity (Wildman–Crippen MR) is 60.7 cm³/mol. The molecule has 1 heterocycles. The van der Waals surface area contributed by atoms with Crippen LogP contribution in [0.3, 0.4) is 0 Å². The van der Waals surface area contributed by atoms with Crippen molar-refractivity contribution in [2.75, 3.05) is 10.8 Å². The van der Waals surface area contributed by atoms with E-state index >= 15 is 0 Å². The normalized spacial score (nSPS) is 14.7. The maximum atomic E-state index is 9.20. The second-order valence-corrected chi connectivity index (χ2v) is 4.64. The molecule has 0 aliphatic heterocycles. The Bertz CT molecular complexity index is 302. The van der Waals surface area contributed by atoms with Crippen molar-refractivity contribution in [3.63, 3.8) is 0 Å². The Balaban J connectivity index is 2.92. The van der Waals surface area contributed by atoms with E-state index < -0.39 is 11.1 Å². The molecule has 6 nitrogen and oxygen atoms in total. The van der Waals surface area contributed by atoms with Crippen LogP contribution < -0.4 is 10.0 Å². The third-order valence-electron chi connectivity index (χ3n) is 1.65. The average Bonchev–Trinajstić information content (AvgIpc) is 2.14. The van der Waals surface area contributed by atoms with E-state index in [-0.39, 0.29) is 18.4 Å². The molecule has 0 aliphatic carbocycles. The highest BCUT2D eigenvalue weighted by Gasteiger charge is 2.25.